The Morgan fingerprint density at radius 2 is 2.18 bits per heavy atom. The quantitative estimate of drug-likeness (QED) is 0.785. The van der Waals surface area contributed by atoms with E-state index in [1.54, 1.807) is 18.2 Å². The third-order valence-electron chi connectivity index (χ3n) is 3.01. The minimum absolute atomic E-state index is 0.100. The Hall–Kier alpha value is -1.71. The van der Waals surface area contributed by atoms with Crippen molar-refractivity contribution in [2.45, 2.75) is 26.8 Å². The maximum atomic E-state index is 10.8. The fraction of sp³-hybridized carbons (Fsp3) is 0.462. The van der Waals surface area contributed by atoms with E-state index in [4.69, 9.17) is 9.84 Å². The van der Waals surface area contributed by atoms with Crippen LogP contribution in [0.25, 0.3) is 0 Å². The Labute approximate surface area is 101 Å². The average molecular weight is 235 g/mol. The second-order valence-electron chi connectivity index (χ2n) is 5.39. The number of nitrogens with one attached hydrogen (secondary N) is 1. The molecule has 1 atom stereocenters. The minimum Gasteiger partial charge on any atom is -0.489 e. The molecular formula is C13H17NO3. The normalized spacial score (nSPS) is 18.9. The zero-order valence-corrected chi connectivity index (χ0v) is 10.3. The van der Waals surface area contributed by atoms with Gasteiger partial charge in [-0.15, -0.1) is 0 Å². The minimum atomic E-state index is -0.936. The van der Waals surface area contributed by atoms with Crippen LogP contribution in [0, 0.1) is 5.41 Å². The number of rotatable bonds is 1. The Bertz CT molecular complexity index is 448. The zero-order chi connectivity index (χ0) is 12.6. The van der Waals surface area contributed by atoms with Crippen LogP contribution in [0.4, 0.5) is 5.69 Å². The van der Waals surface area contributed by atoms with Gasteiger partial charge >= 0.3 is 5.97 Å². The predicted octanol–water partition coefficient (Wildman–Crippen LogP) is 2.60. The second kappa shape index (κ2) is 3.95. The summed E-state index contributed by atoms with van der Waals surface area (Å²) in [5.74, 6) is -0.320. The van der Waals surface area contributed by atoms with E-state index < -0.39 is 5.97 Å². The zero-order valence-electron chi connectivity index (χ0n) is 10.3. The molecule has 1 aliphatic heterocycles. The number of ether oxygens (including phenoxy) is 1. The number of carbonyl (C=O) groups is 1. The average Bonchev–Trinajstić information content (AvgIpc) is 2.26. The summed E-state index contributed by atoms with van der Waals surface area (Å²) in [5.41, 5.74) is 1.21. The number of hydrogen-bond donors (Lipinski definition) is 2. The Kier molecular flexibility index (Phi) is 2.73. The summed E-state index contributed by atoms with van der Waals surface area (Å²) in [4.78, 5) is 10.8. The number of anilines is 1. The first-order chi connectivity index (χ1) is 7.88. The lowest BCUT2D eigenvalue weighted by atomic mass is 9.86. The molecule has 0 aromatic heterocycles. The molecule has 0 bridgehead atoms. The molecule has 2 N–H and O–H groups in total. The Morgan fingerprint density at radius 1 is 1.47 bits per heavy atom. The molecule has 0 amide bonds. The topological polar surface area (TPSA) is 58.6 Å². The van der Waals surface area contributed by atoms with Gasteiger partial charge in [-0.1, -0.05) is 20.8 Å². The number of benzene rings is 1. The van der Waals surface area contributed by atoms with Crippen LogP contribution in [0.2, 0.25) is 0 Å². The van der Waals surface area contributed by atoms with E-state index in [1.165, 1.54) is 0 Å². The molecule has 0 fully saturated rings. The van der Waals surface area contributed by atoms with Gasteiger partial charge in [-0.2, -0.15) is 0 Å². The summed E-state index contributed by atoms with van der Waals surface area (Å²) in [6.45, 7) is 6.99. The molecule has 2 rings (SSSR count). The van der Waals surface area contributed by atoms with Gasteiger partial charge in [0.05, 0.1) is 17.3 Å². The van der Waals surface area contributed by atoms with Crippen molar-refractivity contribution in [3.63, 3.8) is 0 Å². The number of fused-ring (bicyclic) bond motifs is 1. The smallest absolute Gasteiger partial charge is 0.335 e. The van der Waals surface area contributed by atoms with E-state index in [0.717, 1.165) is 5.69 Å². The number of carboxylic acid groups (broad SMARTS) is 1. The SMILES string of the molecule is CC(C)(C)C1COc2cc(C(=O)O)ccc2N1. The predicted molar refractivity (Wildman–Crippen MR) is 65.8 cm³/mol. The van der Waals surface area contributed by atoms with Gasteiger partial charge < -0.3 is 15.2 Å². The molecule has 4 heteroatoms. The van der Waals surface area contributed by atoms with Crippen molar-refractivity contribution in [1.29, 1.82) is 0 Å². The van der Waals surface area contributed by atoms with Crippen molar-refractivity contribution in [3.05, 3.63) is 23.8 Å². The monoisotopic (exact) mass is 235 g/mol. The molecule has 92 valence electrons. The van der Waals surface area contributed by atoms with Crippen LogP contribution in [0.1, 0.15) is 31.1 Å². The van der Waals surface area contributed by atoms with E-state index in [9.17, 15) is 4.79 Å². The lowest BCUT2D eigenvalue weighted by Crippen LogP contribution is -2.41. The number of carboxylic acids is 1. The lowest BCUT2D eigenvalue weighted by Gasteiger charge is -2.36. The van der Waals surface area contributed by atoms with Gasteiger partial charge in [0, 0.05) is 0 Å². The van der Waals surface area contributed by atoms with E-state index in [2.05, 4.69) is 26.1 Å². The van der Waals surface area contributed by atoms with E-state index in [0.29, 0.717) is 12.4 Å². The van der Waals surface area contributed by atoms with Crippen LogP contribution in [0.3, 0.4) is 0 Å². The van der Waals surface area contributed by atoms with E-state index in [1.807, 2.05) is 0 Å². The molecule has 1 unspecified atom stereocenters. The molecule has 17 heavy (non-hydrogen) atoms. The Morgan fingerprint density at radius 3 is 2.76 bits per heavy atom. The van der Waals surface area contributed by atoms with Crippen molar-refractivity contribution in [3.8, 4) is 5.75 Å². The molecule has 1 aliphatic rings. The summed E-state index contributed by atoms with van der Waals surface area (Å²) >= 11 is 0. The first kappa shape index (κ1) is 11.8. The third kappa shape index (κ3) is 2.35. The fourth-order valence-corrected chi connectivity index (χ4v) is 1.76. The van der Waals surface area contributed by atoms with Crippen LogP contribution in [0.15, 0.2) is 18.2 Å². The molecule has 4 nitrogen and oxygen atoms in total. The third-order valence-corrected chi connectivity index (χ3v) is 3.01. The van der Waals surface area contributed by atoms with Crippen molar-refractivity contribution in [1.82, 2.24) is 0 Å². The molecule has 0 radical (unpaired) electrons. The molecule has 1 aromatic carbocycles. The number of aromatic carboxylic acids is 1. The number of hydrogen-bond acceptors (Lipinski definition) is 3. The maximum absolute atomic E-state index is 10.8. The van der Waals surface area contributed by atoms with Gasteiger partial charge in [-0.05, 0) is 23.6 Å². The molecule has 0 saturated heterocycles. The van der Waals surface area contributed by atoms with Gasteiger partial charge in [-0.3, -0.25) is 0 Å². The summed E-state index contributed by atoms with van der Waals surface area (Å²) in [6, 6.07) is 5.13. The molecule has 0 spiro atoms. The summed E-state index contributed by atoms with van der Waals surface area (Å²) < 4.78 is 5.63. The van der Waals surface area contributed by atoms with Crippen LogP contribution >= 0.6 is 0 Å². The molecule has 1 aromatic rings. The molecule has 1 heterocycles. The summed E-state index contributed by atoms with van der Waals surface area (Å²) in [7, 11) is 0. The van der Waals surface area contributed by atoms with Gasteiger partial charge in [0.1, 0.15) is 12.4 Å². The molecule has 0 saturated carbocycles. The summed E-state index contributed by atoms with van der Waals surface area (Å²) in [5, 5.41) is 12.3. The standard InChI is InChI=1S/C13H17NO3/c1-13(2,3)11-7-17-10-6-8(12(15)16)4-5-9(10)14-11/h4-6,11,14H,7H2,1-3H3,(H,15,16). The summed E-state index contributed by atoms with van der Waals surface area (Å²) in [6.07, 6.45) is 0. The first-order valence-corrected chi connectivity index (χ1v) is 5.64. The van der Waals surface area contributed by atoms with E-state index >= 15 is 0 Å². The van der Waals surface area contributed by atoms with Crippen molar-refractivity contribution in [2.75, 3.05) is 11.9 Å². The highest BCUT2D eigenvalue weighted by Crippen LogP contribution is 2.34. The lowest BCUT2D eigenvalue weighted by molar-refractivity contribution is 0.0696. The van der Waals surface area contributed by atoms with Gasteiger partial charge in [0.15, 0.2) is 0 Å². The van der Waals surface area contributed by atoms with Crippen molar-refractivity contribution in [2.24, 2.45) is 5.41 Å². The second-order valence-corrected chi connectivity index (χ2v) is 5.39. The van der Waals surface area contributed by atoms with Gasteiger partial charge in [0.2, 0.25) is 0 Å². The fourth-order valence-electron chi connectivity index (χ4n) is 1.76. The highest BCUT2D eigenvalue weighted by atomic mass is 16.5. The van der Waals surface area contributed by atoms with Crippen molar-refractivity contribution < 1.29 is 14.6 Å². The van der Waals surface area contributed by atoms with Crippen LogP contribution in [0.5, 0.6) is 5.75 Å². The Balaban J connectivity index is 2.26. The van der Waals surface area contributed by atoms with Crippen LogP contribution in [-0.4, -0.2) is 23.7 Å². The largest absolute Gasteiger partial charge is 0.489 e. The molecule has 0 aliphatic carbocycles. The first-order valence-electron chi connectivity index (χ1n) is 5.64. The van der Waals surface area contributed by atoms with Crippen LogP contribution in [-0.2, 0) is 0 Å². The van der Waals surface area contributed by atoms with Gasteiger partial charge in [0.25, 0.3) is 0 Å². The molecular weight excluding hydrogens is 218 g/mol. The van der Waals surface area contributed by atoms with E-state index in [-0.39, 0.29) is 17.0 Å². The van der Waals surface area contributed by atoms with Crippen LogP contribution < -0.4 is 10.1 Å². The van der Waals surface area contributed by atoms with Crippen molar-refractivity contribution >= 4 is 11.7 Å². The highest BCUT2D eigenvalue weighted by Gasteiger charge is 2.29. The maximum Gasteiger partial charge on any atom is 0.335 e. The van der Waals surface area contributed by atoms with Gasteiger partial charge in [-0.25, -0.2) is 4.79 Å². The highest BCUT2D eigenvalue weighted by molar-refractivity contribution is 5.89.